The first-order valence-corrected chi connectivity index (χ1v) is 31.5. The Morgan fingerprint density at radius 2 is 0.851 bits per heavy atom. The monoisotopic (exact) mass is 1080 g/mol. The summed E-state index contributed by atoms with van der Waals surface area (Å²) in [5.74, 6) is -0.364. The highest BCUT2D eigenvalue weighted by molar-refractivity contribution is 7.47. The zero-order valence-electron chi connectivity index (χ0n) is 46.2. The molecule has 11 N–H and O–H groups in total. The molecule has 14 atom stereocenters. The Labute approximate surface area is 446 Å². The Bertz CT molecular complexity index is 1390. The Hall–Kier alpha value is -0.860. The molecule has 0 aromatic carbocycles. The van der Waals surface area contributed by atoms with Crippen molar-refractivity contribution in [3.63, 3.8) is 0 Å². The Morgan fingerprint density at radius 3 is 1.24 bits per heavy atom. The Balaban J connectivity index is 1.85. The lowest BCUT2D eigenvalue weighted by Crippen LogP contribution is -2.67. The Kier molecular flexibility index (Phi) is 40.2. The summed E-state index contributed by atoms with van der Waals surface area (Å²) in [5, 5.41) is 97.5. The molecular formula is C56H110NO16P. The van der Waals surface area contributed by atoms with E-state index >= 15 is 0 Å². The molecule has 74 heavy (non-hydrogen) atoms. The number of carbonyl (C=O) groups excluding carboxylic acids is 1. The number of nitrogens with one attached hydrogen (secondary N) is 1. The number of amides is 1. The zero-order chi connectivity index (χ0) is 54.4. The van der Waals surface area contributed by atoms with Crippen LogP contribution in [0.4, 0.5) is 0 Å². The fraction of sp³-hybridized carbons (Fsp3) is 0.982. The van der Waals surface area contributed by atoms with E-state index in [1.807, 2.05) is 0 Å². The minimum atomic E-state index is -5.32. The predicted octanol–water partition coefficient (Wildman–Crippen LogP) is 8.84. The molecule has 0 spiro atoms. The number of aliphatic hydroxyl groups excluding tert-OH is 9. The van der Waals surface area contributed by atoms with Gasteiger partial charge in [-0.1, -0.05) is 239 Å². The van der Waals surface area contributed by atoms with Crippen LogP contribution in [0.25, 0.3) is 0 Å². The van der Waals surface area contributed by atoms with E-state index in [0.29, 0.717) is 12.8 Å². The van der Waals surface area contributed by atoms with E-state index in [-0.39, 0.29) is 18.7 Å². The van der Waals surface area contributed by atoms with Crippen molar-refractivity contribution in [3.8, 4) is 0 Å². The number of carbonyl (C=O) groups is 1. The van der Waals surface area contributed by atoms with Crippen LogP contribution >= 0.6 is 7.82 Å². The molecule has 1 amide bonds. The number of ether oxygens (including phenoxy) is 2. The minimum Gasteiger partial charge on any atom is -0.394 e. The van der Waals surface area contributed by atoms with Crippen LogP contribution in [0.15, 0.2) is 0 Å². The first-order valence-electron chi connectivity index (χ1n) is 30.0. The molecule has 18 heteroatoms. The second-order valence-electron chi connectivity index (χ2n) is 21.9. The molecule has 1 heterocycles. The second kappa shape index (κ2) is 43.0. The van der Waals surface area contributed by atoms with Gasteiger partial charge in [0.1, 0.15) is 61.0 Å². The Morgan fingerprint density at radius 1 is 0.500 bits per heavy atom. The highest BCUT2D eigenvalue weighted by atomic mass is 31.2. The molecule has 0 bridgehead atoms. The summed E-state index contributed by atoms with van der Waals surface area (Å²) >= 11 is 0. The van der Waals surface area contributed by atoms with Crippen LogP contribution in [0.5, 0.6) is 0 Å². The number of aliphatic hydroxyl groups is 9. The summed E-state index contributed by atoms with van der Waals surface area (Å²) in [6.07, 6.45) is 21.4. The molecule has 2 fully saturated rings. The smallest absolute Gasteiger partial charge is 0.394 e. The van der Waals surface area contributed by atoms with E-state index in [0.717, 1.165) is 51.4 Å². The van der Waals surface area contributed by atoms with Gasteiger partial charge >= 0.3 is 7.82 Å². The van der Waals surface area contributed by atoms with E-state index < -0.39 is 101 Å². The minimum absolute atomic E-state index is 0.178. The van der Waals surface area contributed by atoms with Gasteiger partial charge in [0.25, 0.3) is 0 Å². The average molecular weight is 1080 g/mol. The first-order chi connectivity index (χ1) is 35.7. The molecule has 1 aliphatic heterocycles. The van der Waals surface area contributed by atoms with Crippen LogP contribution in [-0.2, 0) is 27.9 Å². The first kappa shape index (κ1) is 69.2. The van der Waals surface area contributed by atoms with Gasteiger partial charge in [-0.15, -0.1) is 0 Å². The topological polar surface area (TPSA) is 285 Å². The SMILES string of the molecule is CCCCCCCCCCCCCCCCCCCCCCCC(=O)N[C@@H](COP(=O)(O)O[C@@H]1[C@H](O)[C@H](O)[C@@H](O)[C@H](O)[C@H]1OC1O[C@H](CO)[C@@H](O)[C@H](O)[C@@H]1O)[C@H](O)CCCCCCCCCCCCCCCCC. The number of phosphoric acid groups is 1. The summed E-state index contributed by atoms with van der Waals surface area (Å²) in [6, 6.07) is -1.14. The van der Waals surface area contributed by atoms with Crippen LogP contribution in [0.2, 0.25) is 0 Å². The molecule has 2 aliphatic rings. The predicted molar refractivity (Wildman–Crippen MR) is 288 cm³/mol. The maximum atomic E-state index is 13.5. The average Bonchev–Trinajstić information content (AvgIpc) is 3.38. The normalized spacial score (nSPS) is 27.0. The fourth-order valence-corrected chi connectivity index (χ4v) is 11.3. The van der Waals surface area contributed by atoms with Crippen LogP contribution < -0.4 is 5.32 Å². The lowest BCUT2D eigenvalue weighted by atomic mass is 9.84. The van der Waals surface area contributed by atoms with Crippen molar-refractivity contribution in [1.82, 2.24) is 5.32 Å². The standard InChI is InChI=1S/C56H110NO16P/c1-3-5-7-9-11-13-15-17-19-20-21-22-23-24-26-28-30-32-34-36-38-40-46(60)57-43(44(59)39-37-35-33-31-29-27-25-18-16-14-12-10-8-6-4-2)42-70-74(68,69)73-55-52(66)50(64)49(63)51(65)54(55)72-56-53(67)48(62)47(61)45(41-58)71-56/h43-45,47-56,58-59,61-67H,3-42H2,1-2H3,(H,57,60)(H,68,69)/t43-,44+,45+,47+,48-,49+,50+,51-,52+,53-,54+,55+,56?/m0/s1. The van der Waals surface area contributed by atoms with Crippen LogP contribution in [0.1, 0.15) is 258 Å². The van der Waals surface area contributed by atoms with E-state index in [1.54, 1.807) is 0 Å². The molecule has 0 aromatic rings. The van der Waals surface area contributed by atoms with Crippen molar-refractivity contribution < 1.29 is 78.7 Å². The van der Waals surface area contributed by atoms with Crippen LogP contribution in [0, 0.1) is 0 Å². The summed E-state index contributed by atoms with van der Waals surface area (Å²) < 4.78 is 35.0. The van der Waals surface area contributed by atoms with Crippen molar-refractivity contribution in [2.45, 2.75) is 337 Å². The highest BCUT2D eigenvalue weighted by Crippen LogP contribution is 2.48. The van der Waals surface area contributed by atoms with E-state index in [1.165, 1.54) is 167 Å². The van der Waals surface area contributed by atoms with Gasteiger partial charge in [-0.3, -0.25) is 13.8 Å². The number of phosphoric ester groups is 1. The molecule has 440 valence electrons. The van der Waals surface area contributed by atoms with Crippen molar-refractivity contribution in [3.05, 3.63) is 0 Å². The number of unbranched alkanes of at least 4 members (excludes halogenated alkanes) is 34. The fourth-order valence-electron chi connectivity index (χ4n) is 10.3. The lowest BCUT2D eigenvalue weighted by molar-refractivity contribution is -0.338. The number of hydrogen-bond acceptors (Lipinski definition) is 15. The van der Waals surface area contributed by atoms with Gasteiger partial charge in [0.15, 0.2) is 6.29 Å². The maximum absolute atomic E-state index is 13.5. The van der Waals surface area contributed by atoms with Gasteiger partial charge in [0, 0.05) is 6.42 Å². The third-order valence-electron chi connectivity index (χ3n) is 15.3. The van der Waals surface area contributed by atoms with Gasteiger partial charge in [0.2, 0.25) is 5.91 Å². The third kappa shape index (κ3) is 29.9. The van der Waals surface area contributed by atoms with Crippen molar-refractivity contribution in [1.29, 1.82) is 0 Å². The summed E-state index contributed by atoms with van der Waals surface area (Å²) in [6.45, 7) is 2.97. The van der Waals surface area contributed by atoms with Crippen molar-refractivity contribution in [2.24, 2.45) is 0 Å². The zero-order valence-corrected chi connectivity index (χ0v) is 47.1. The largest absolute Gasteiger partial charge is 0.472 e. The molecule has 2 unspecified atom stereocenters. The van der Waals surface area contributed by atoms with Crippen LogP contribution in [-0.4, -0.2) is 149 Å². The molecule has 0 radical (unpaired) electrons. The van der Waals surface area contributed by atoms with E-state index in [4.69, 9.17) is 18.5 Å². The summed E-state index contributed by atoms with van der Waals surface area (Å²) in [4.78, 5) is 24.2. The van der Waals surface area contributed by atoms with Crippen molar-refractivity contribution >= 4 is 13.7 Å². The molecule has 1 aliphatic carbocycles. The van der Waals surface area contributed by atoms with Gasteiger partial charge in [0.05, 0.1) is 25.4 Å². The molecule has 17 nitrogen and oxygen atoms in total. The summed E-state index contributed by atoms with van der Waals surface area (Å²) in [5.41, 5.74) is 0. The van der Waals surface area contributed by atoms with E-state index in [9.17, 15) is 60.2 Å². The maximum Gasteiger partial charge on any atom is 0.472 e. The second-order valence-corrected chi connectivity index (χ2v) is 23.3. The molecule has 0 aromatic heterocycles. The summed E-state index contributed by atoms with van der Waals surface area (Å²) in [7, 11) is -5.32. The van der Waals surface area contributed by atoms with Crippen LogP contribution in [0.3, 0.4) is 0 Å². The lowest BCUT2D eigenvalue weighted by Gasteiger charge is -2.47. The highest BCUT2D eigenvalue weighted by Gasteiger charge is 2.55. The quantitative estimate of drug-likeness (QED) is 0.0200. The van der Waals surface area contributed by atoms with Gasteiger partial charge in [-0.05, 0) is 12.8 Å². The number of rotatable bonds is 48. The number of hydrogen-bond donors (Lipinski definition) is 11. The molecule has 1 saturated heterocycles. The third-order valence-corrected chi connectivity index (χ3v) is 16.3. The van der Waals surface area contributed by atoms with Crippen molar-refractivity contribution in [2.75, 3.05) is 13.2 Å². The van der Waals surface area contributed by atoms with Gasteiger partial charge in [-0.2, -0.15) is 0 Å². The molecule has 2 rings (SSSR count). The molecule has 1 saturated carbocycles. The van der Waals surface area contributed by atoms with Gasteiger partial charge < -0.3 is 65.6 Å². The van der Waals surface area contributed by atoms with E-state index in [2.05, 4.69) is 19.2 Å². The molecular weight excluding hydrogens is 974 g/mol. The van der Waals surface area contributed by atoms with Gasteiger partial charge in [-0.25, -0.2) is 4.57 Å².